The van der Waals surface area contributed by atoms with Crippen LogP contribution in [0.5, 0.6) is 0 Å². The third-order valence-corrected chi connectivity index (χ3v) is 2.60. The minimum absolute atomic E-state index is 0.117. The van der Waals surface area contributed by atoms with Gasteiger partial charge in [0.1, 0.15) is 5.92 Å². The number of ether oxygens (including phenoxy) is 1. The Morgan fingerprint density at radius 2 is 1.94 bits per heavy atom. The number of urea groups is 1. The molecule has 4 amide bonds. The van der Waals surface area contributed by atoms with Gasteiger partial charge in [-0.1, -0.05) is 0 Å². The molecule has 0 aromatic carbocycles. The fraction of sp³-hybridized carbons (Fsp3) is 0.700. The van der Waals surface area contributed by atoms with Crippen molar-refractivity contribution in [3.63, 3.8) is 0 Å². The van der Waals surface area contributed by atoms with Gasteiger partial charge in [0.05, 0.1) is 12.1 Å². The van der Waals surface area contributed by atoms with Crippen LogP contribution >= 0.6 is 0 Å². The van der Waals surface area contributed by atoms with Crippen molar-refractivity contribution in [1.82, 2.24) is 10.2 Å². The number of hydrogen-bond acceptors (Lipinski definition) is 4. The molecule has 0 aromatic heterocycles. The predicted molar refractivity (Wildman–Crippen MR) is 55.5 cm³/mol. The monoisotopic (exact) mass is 228 g/mol. The summed E-state index contributed by atoms with van der Waals surface area (Å²) < 4.78 is 5.14. The maximum Gasteiger partial charge on any atom is 0.330 e. The number of imide groups is 2. The summed E-state index contributed by atoms with van der Waals surface area (Å²) in [5.41, 5.74) is -0.632. The molecule has 6 nitrogen and oxygen atoms in total. The summed E-state index contributed by atoms with van der Waals surface area (Å²) in [4.78, 5) is 35.4. The second kappa shape index (κ2) is 4.21. The molecule has 16 heavy (non-hydrogen) atoms. The Hall–Kier alpha value is -1.43. The third-order valence-electron chi connectivity index (χ3n) is 2.60. The maximum absolute atomic E-state index is 11.7. The maximum atomic E-state index is 11.7. The quantitative estimate of drug-likeness (QED) is 0.696. The lowest BCUT2D eigenvalue weighted by molar-refractivity contribution is -0.144. The van der Waals surface area contributed by atoms with Crippen molar-refractivity contribution in [1.29, 1.82) is 0 Å². The number of rotatable bonds is 3. The van der Waals surface area contributed by atoms with Gasteiger partial charge >= 0.3 is 6.03 Å². The van der Waals surface area contributed by atoms with Crippen LogP contribution in [0.2, 0.25) is 0 Å². The van der Waals surface area contributed by atoms with Gasteiger partial charge in [-0.15, -0.1) is 0 Å². The summed E-state index contributed by atoms with van der Waals surface area (Å²) in [5.74, 6) is -1.87. The zero-order valence-electron chi connectivity index (χ0n) is 9.86. The molecule has 1 unspecified atom stereocenters. The number of amides is 4. The number of methoxy groups -OCH3 is 1. The first-order valence-corrected chi connectivity index (χ1v) is 5.00. The van der Waals surface area contributed by atoms with Crippen LogP contribution in [0, 0.1) is 5.92 Å². The highest BCUT2D eigenvalue weighted by Gasteiger charge is 2.39. The van der Waals surface area contributed by atoms with Crippen molar-refractivity contribution < 1.29 is 19.1 Å². The van der Waals surface area contributed by atoms with Crippen LogP contribution in [0.15, 0.2) is 0 Å². The molecule has 0 aromatic rings. The van der Waals surface area contributed by atoms with Crippen molar-refractivity contribution >= 4 is 17.8 Å². The first-order chi connectivity index (χ1) is 7.28. The fourth-order valence-electron chi connectivity index (χ4n) is 1.32. The van der Waals surface area contributed by atoms with Gasteiger partial charge in [-0.25, -0.2) is 4.79 Å². The van der Waals surface area contributed by atoms with Gasteiger partial charge in [-0.05, 0) is 20.8 Å². The minimum Gasteiger partial charge on any atom is -0.377 e. The largest absolute Gasteiger partial charge is 0.377 e. The molecular formula is C10H16N2O4. The molecule has 0 saturated carbocycles. The molecule has 0 bridgehead atoms. The van der Waals surface area contributed by atoms with Crippen LogP contribution in [0.3, 0.4) is 0 Å². The molecule has 1 aliphatic heterocycles. The highest BCUT2D eigenvalue weighted by Crippen LogP contribution is 2.16. The van der Waals surface area contributed by atoms with Crippen LogP contribution in [0.25, 0.3) is 0 Å². The topological polar surface area (TPSA) is 75.7 Å². The van der Waals surface area contributed by atoms with Crippen LogP contribution in [0.1, 0.15) is 20.8 Å². The van der Waals surface area contributed by atoms with Gasteiger partial charge in [-0.3, -0.25) is 19.8 Å². The molecule has 0 aliphatic carbocycles. The predicted octanol–water partition coefficient (Wildman–Crippen LogP) is 0.126. The van der Waals surface area contributed by atoms with E-state index in [-0.39, 0.29) is 6.54 Å². The average molecular weight is 228 g/mol. The second-order valence-corrected chi connectivity index (χ2v) is 4.40. The van der Waals surface area contributed by atoms with Crippen LogP contribution in [0.4, 0.5) is 4.79 Å². The van der Waals surface area contributed by atoms with E-state index in [1.54, 1.807) is 13.8 Å². The Kier molecular flexibility index (Phi) is 3.32. The summed E-state index contributed by atoms with van der Waals surface area (Å²) in [6.07, 6.45) is 0. The number of nitrogens with one attached hydrogen (secondary N) is 1. The number of nitrogens with zero attached hydrogens (tertiary/aromatic N) is 1. The van der Waals surface area contributed by atoms with Crippen LogP contribution in [-0.2, 0) is 14.3 Å². The zero-order chi connectivity index (χ0) is 12.5. The summed E-state index contributed by atoms with van der Waals surface area (Å²) >= 11 is 0. The van der Waals surface area contributed by atoms with Crippen LogP contribution in [-0.4, -0.2) is 42.0 Å². The summed E-state index contributed by atoms with van der Waals surface area (Å²) in [7, 11) is 1.50. The molecular weight excluding hydrogens is 212 g/mol. The van der Waals surface area contributed by atoms with E-state index in [2.05, 4.69) is 5.32 Å². The number of barbiturate groups is 1. The first-order valence-electron chi connectivity index (χ1n) is 5.00. The fourth-order valence-corrected chi connectivity index (χ4v) is 1.32. The molecule has 6 heteroatoms. The zero-order valence-corrected chi connectivity index (χ0v) is 9.86. The molecule has 1 rings (SSSR count). The van der Waals surface area contributed by atoms with Crippen molar-refractivity contribution in [2.75, 3.05) is 13.7 Å². The summed E-state index contributed by atoms with van der Waals surface area (Å²) in [6.45, 7) is 5.10. The molecule has 1 N–H and O–H groups in total. The first kappa shape index (κ1) is 12.6. The SMILES string of the molecule is COC(C)(C)CN1C(=O)NC(=O)C(C)C1=O. The van der Waals surface area contributed by atoms with E-state index in [1.807, 2.05) is 0 Å². The van der Waals surface area contributed by atoms with E-state index in [9.17, 15) is 14.4 Å². The number of carbonyl (C=O) groups is 3. The summed E-state index contributed by atoms with van der Waals surface area (Å²) in [5, 5.41) is 2.13. The standard InChI is InChI=1S/C10H16N2O4/c1-6-7(13)11-9(15)12(8(6)14)5-10(2,3)16-4/h6H,5H2,1-4H3,(H,11,13,15). The van der Waals surface area contributed by atoms with E-state index in [4.69, 9.17) is 4.74 Å². The number of carbonyl (C=O) groups excluding carboxylic acids is 3. The van der Waals surface area contributed by atoms with Gasteiger partial charge < -0.3 is 4.74 Å². The summed E-state index contributed by atoms with van der Waals surface area (Å²) in [6, 6.07) is -0.682. The Bertz CT molecular complexity index is 338. The van der Waals surface area contributed by atoms with Gasteiger partial charge in [0.15, 0.2) is 0 Å². The van der Waals surface area contributed by atoms with Crippen LogP contribution < -0.4 is 5.32 Å². The average Bonchev–Trinajstić information content (AvgIpc) is 2.21. The Morgan fingerprint density at radius 3 is 2.44 bits per heavy atom. The van der Waals surface area contributed by atoms with Crippen molar-refractivity contribution in [2.24, 2.45) is 5.92 Å². The lowest BCUT2D eigenvalue weighted by Gasteiger charge is -2.34. The number of hydrogen-bond donors (Lipinski definition) is 1. The highest BCUT2D eigenvalue weighted by atomic mass is 16.5. The molecule has 1 heterocycles. The van der Waals surface area contributed by atoms with E-state index in [0.717, 1.165) is 4.90 Å². The van der Waals surface area contributed by atoms with E-state index < -0.39 is 29.4 Å². The normalized spacial score (nSPS) is 22.4. The van der Waals surface area contributed by atoms with Crippen molar-refractivity contribution in [3.05, 3.63) is 0 Å². The Balaban J connectivity index is 2.84. The van der Waals surface area contributed by atoms with Crippen molar-refractivity contribution in [3.8, 4) is 0 Å². The molecule has 1 atom stereocenters. The van der Waals surface area contributed by atoms with E-state index >= 15 is 0 Å². The Labute approximate surface area is 93.9 Å². The third kappa shape index (κ3) is 2.38. The smallest absolute Gasteiger partial charge is 0.330 e. The molecule has 1 fully saturated rings. The van der Waals surface area contributed by atoms with Gasteiger partial charge in [0.2, 0.25) is 11.8 Å². The molecule has 0 radical (unpaired) electrons. The van der Waals surface area contributed by atoms with E-state index in [1.165, 1.54) is 14.0 Å². The molecule has 1 aliphatic rings. The van der Waals surface area contributed by atoms with Crippen molar-refractivity contribution in [2.45, 2.75) is 26.4 Å². The lowest BCUT2D eigenvalue weighted by Crippen LogP contribution is -2.60. The highest BCUT2D eigenvalue weighted by molar-refractivity contribution is 6.15. The molecule has 1 saturated heterocycles. The Morgan fingerprint density at radius 1 is 1.38 bits per heavy atom. The minimum atomic E-state index is -0.828. The van der Waals surface area contributed by atoms with Gasteiger partial charge in [-0.2, -0.15) is 0 Å². The second-order valence-electron chi connectivity index (χ2n) is 4.40. The molecule has 0 spiro atoms. The van der Waals surface area contributed by atoms with E-state index in [0.29, 0.717) is 0 Å². The van der Waals surface area contributed by atoms with Gasteiger partial charge in [0.25, 0.3) is 0 Å². The molecule has 90 valence electrons. The lowest BCUT2D eigenvalue weighted by atomic mass is 10.0. The van der Waals surface area contributed by atoms with Gasteiger partial charge in [0, 0.05) is 7.11 Å².